The van der Waals surface area contributed by atoms with Gasteiger partial charge in [0.2, 0.25) is 5.88 Å². The van der Waals surface area contributed by atoms with E-state index in [0.717, 1.165) is 22.4 Å². The molecule has 0 radical (unpaired) electrons. The van der Waals surface area contributed by atoms with Crippen LogP contribution in [-0.2, 0) is 14.9 Å². The summed E-state index contributed by atoms with van der Waals surface area (Å²) in [5.41, 5.74) is 6.66. The molecule has 0 aliphatic carbocycles. The van der Waals surface area contributed by atoms with E-state index in [1.165, 1.54) is 6.33 Å². The van der Waals surface area contributed by atoms with Crippen molar-refractivity contribution in [3.63, 3.8) is 0 Å². The van der Waals surface area contributed by atoms with E-state index in [-0.39, 0.29) is 16.8 Å². The number of nitrogens with zero attached hydrogens (tertiary/aromatic N) is 2. The Kier molecular flexibility index (Phi) is 5.04. The summed E-state index contributed by atoms with van der Waals surface area (Å²) in [6.45, 7) is 3.71. The first-order valence-corrected chi connectivity index (χ1v) is 10.6. The molecule has 8 heteroatoms. The zero-order chi connectivity index (χ0) is 20.4. The van der Waals surface area contributed by atoms with Crippen LogP contribution in [0.1, 0.15) is 13.8 Å². The van der Waals surface area contributed by atoms with Gasteiger partial charge in [0.15, 0.2) is 0 Å². The van der Waals surface area contributed by atoms with Crippen LogP contribution in [0.3, 0.4) is 0 Å². The van der Waals surface area contributed by atoms with Crippen molar-refractivity contribution in [1.29, 1.82) is 0 Å². The smallest absolute Gasteiger partial charge is 0.264 e. The largest absolute Gasteiger partial charge is 0.389 e. The molecule has 7 nitrogen and oxygen atoms in total. The minimum absolute atomic E-state index is 0.0581. The first-order chi connectivity index (χ1) is 14.0. The predicted molar refractivity (Wildman–Crippen MR) is 110 cm³/mol. The summed E-state index contributed by atoms with van der Waals surface area (Å²) in [5.74, 6) is 0.214. The van der Waals surface area contributed by atoms with Gasteiger partial charge in [-0.2, -0.15) is 0 Å². The summed E-state index contributed by atoms with van der Waals surface area (Å²) in [6, 6.07) is 16.2. The molecular formula is C21H20N4O3S. The molecule has 1 aromatic heterocycles. The zero-order valence-corrected chi connectivity index (χ0v) is 16.8. The van der Waals surface area contributed by atoms with Crippen LogP contribution in [-0.4, -0.2) is 24.4 Å². The number of rotatable bonds is 5. The molecule has 3 aromatic rings. The fraction of sp³-hybridized carbons (Fsp3) is 0.143. The molecule has 1 atom stereocenters. The molecule has 0 bridgehead atoms. The van der Waals surface area contributed by atoms with Crippen molar-refractivity contribution in [2.24, 2.45) is 0 Å². The fourth-order valence-electron chi connectivity index (χ4n) is 3.01. The summed E-state index contributed by atoms with van der Waals surface area (Å²) < 4.78 is 28.7. The van der Waals surface area contributed by atoms with Gasteiger partial charge in [-0.3, -0.25) is 0 Å². The van der Waals surface area contributed by atoms with E-state index in [1.807, 2.05) is 50.2 Å². The van der Waals surface area contributed by atoms with Crippen LogP contribution < -0.4 is 10.2 Å². The Hall–Kier alpha value is -3.23. The zero-order valence-electron chi connectivity index (χ0n) is 16.0. The number of sulfonamides is 1. The van der Waals surface area contributed by atoms with Gasteiger partial charge >= 0.3 is 0 Å². The van der Waals surface area contributed by atoms with Gasteiger partial charge < -0.3 is 4.84 Å². The topological polar surface area (TPSA) is 93.2 Å². The highest BCUT2D eigenvalue weighted by Gasteiger charge is 2.26. The second-order valence-electron chi connectivity index (χ2n) is 6.73. The highest BCUT2D eigenvalue weighted by atomic mass is 32.2. The molecule has 4 rings (SSSR count). The number of hydrogen-bond donors (Lipinski definition) is 2. The summed E-state index contributed by atoms with van der Waals surface area (Å²) in [5, 5.41) is 0. The quantitative estimate of drug-likeness (QED) is 0.673. The van der Waals surface area contributed by atoms with Crippen LogP contribution in [0, 0.1) is 0 Å². The Labute approximate surface area is 169 Å². The summed E-state index contributed by atoms with van der Waals surface area (Å²) >= 11 is 0. The van der Waals surface area contributed by atoms with E-state index in [0.29, 0.717) is 5.56 Å². The standard InChI is InChI=1S/C21H20N4O3S/c1-14-15(2)24-28-21(14)25-29(26,27)20-6-4-3-5-18(20)16-7-9-17(10-8-16)19-11-12-22-13-23-19/h3-13,15,24-25H,1-2H3. The van der Waals surface area contributed by atoms with Crippen molar-refractivity contribution in [3.8, 4) is 22.4 Å². The SMILES string of the molecule is CC1=C(NS(=O)(=O)c2ccccc2-c2ccc(-c3ccncn3)cc2)ONC1C. The second kappa shape index (κ2) is 7.65. The molecule has 1 aliphatic heterocycles. The van der Waals surface area contributed by atoms with Gasteiger partial charge in [0, 0.05) is 22.9 Å². The molecule has 0 amide bonds. The van der Waals surface area contributed by atoms with Crippen LogP contribution >= 0.6 is 0 Å². The summed E-state index contributed by atoms with van der Waals surface area (Å²) in [4.78, 5) is 13.6. The monoisotopic (exact) mass is 408 g/mol. The van der Waals surface area contributed by atoms with Crippen LogP contribution in [0.2, 0.25) is 0 Å². The number of aromatic nitrogens is 2. The molecule has 1 unspecified atom stereocenters. The second-order valence-corrected chi connectivity index (χ2v) is 8.38. The van der Waals surface area contributed by atoms with Crippen molar-refractivity contribution < 1.29 is 13.3 Å². The fourth-order valence-corrected chi connectivity index (χ4v) is 4.30. The Bertz CT molecular complexity index is 1160. The lowest BCUT2D eigenvalue weighted by Crippen LogP contribution is -2.25. The molecule has 2 heterocycles. The third-order valence-electron chi connectivity index (χ3n) is 4.82. The third-order valence-corrected chi connectivity index (χ3v) is 6.21. The Balaban J connectivity index is 1.68. The molecule has 0 saturated carbocycles. The molecule has 29 heavy (non-hydrogen) atoms. The first-order valence-electron chi connectivity index (χ1n) is 9.07. The van der Waals surface area contributed by atoms with Crippen LogP contribution in [0.15, 0.2) is 83.5 Å². The molecule has 0 saturated heterocycles. The van der Waals surface area contributed by atoms with Gasteiger partial charge in [-0.25, -0.2) is 23.1 Å². The molecular weight excluding hydrogens is 388 g/mol. The molecule has 148 valence electrons. The van der Waals surface area contributed by atoms with Crippen LogP contribution in [0.5, 0.6) is 0 Å². The lowest BCUT2D eigenvalue weighted by Gasteiger charge is -2.13. The minimum atomic E-state index is -3.83. The Morgan fingerprint density at radius 1 is 1.03 bits per heavy atom. The minimum Gasteiger partial charge on any atom is -0.389 e. The van der Waals surface area contributed by atoms with Crippen molar-refractivity contribution >= 4 is 10.0 Å². The highest BCUT2D eigenvalue weighted by molar-refractivity contribution is 7.89. The number of nitrogens with one attached hydrogen (secondary N) is 2. The van der Waals surface area contributed by atoms with Gasteiger partial charge in [-0.1, -0.05) is 42.5 Å². The maximum absolute atomic E-state index is 13.1. The number of hydrogen-bond acceptors (Lipinski definition) is 6. The van der Waals surface area contributed by atoms with Gasteiger partial charge in [0.05, 0.1) is 16.6 Å². The van der Waals surface area contributed by atoms with Crippen molar-refractivity contribution in [3.05, 3.63) is 78.6 Å². The van der Waals surface area contributed by atoms with Crippen LogP contribution in [0.4, 0.5) is 0 Å². The maximum Gasteiger partial charge on any atom is 0.264 e. The van der Waals surface area contributed by atoms with E-state index in [9.17, 15) is 8.42 Å². The van der Waals surface area contributed by atoms with E-state index < -0.39 is 10.0 Å². The van der Waals surface area contributed by atoms with Gasteiger partial charge in [-0.05, 0) is 31.5 Å². The van der Waals surface area contributed by atoms with Crippen molar-refractivity contribution in [1.82, 2.24) is 20.2 Å². The third kappa shape index (κ3) is 3.85. The first kappa shape index (κ1) is 19.1. The number of hydroxylamine groups is 1. The van der Waals surface area contributed by atoms with Crippen molar-refractivity contribution in [2.75, 3.05) is 0 Å². The van der Waals surface area contributed by atoms with E-state index in [1.54, 1.807) is 24.4 Å². The predicted octanol–water partition coefficient (Wildman–Crippen LogP) is 3.24. The van der Waals surface area contributed by atoms with Gasteiger partial charge in [-0.15, -0.1) is 5.48 Å². The highest BCUT2D eigenvalue weighted by Crippen LogP contribution is 2.30. The van der Waals surface area contributed by atoms with E-state index >= 15 is 0 Å². The Morgan fingerprint density at radius 3 is 2.41 bits per heavy atom. The molecule has 1 aliphatic rings. The number of benzene rings is 2. The normalized spacial score (nSPS) is 16.6. The summed E-state index contributed by atoms with van der Waals surface area (Å²) in [6.07, 6.45) is 3.18. The van der Waals surface area contributed by atoms with E-state index in [4.69, 9.17) is 4.84 Å². The molecule has 0 fully saturated rings. The Morgan fingerprint density at radius 2 is 1.76 bits per heavy atom. The van der Waals surface area contributed by atoms with E-state index in [2.05, 4.69) is 20.2 Å². The molecule has 2 aromatic carbocycles. The lowest BCUT2D eigenvalue weighted by molar-refractivity contribution is 0.113. The lowest BCUT2D eigenvalue weighted by atomic mass is 10.0. The van der Waals surface area contributed by atoms with Gasteiger partial charge in [0.1, 0.15) is 6.33 Å². The molecule has 0 spiro atoms. The van der Waals surface area contributed by atoms with Crippen LogP contribution in [0.25, 0.3) is 22.4 Å². The van der Waals surface area contributed by atoms with Crippen molar-refractivity contribution in [2.45, 2.75) is 24.8 Å². The van der Waals surface area contributed by atoms with Gasteiger partial charge in [0.25, 0.3) is 10.0 Å². The maximum atomic E-state index is 13.1. The average Bonchev–Trinajstić information content (AvgIpc) is 3.06. The summed E-state index contributed by atoms with van der Waals surface area (Å²) in [7, 11) is -3.83. The average molecular weight is 408 g/mol. The molecule has 2 N–H and O–H groups in total.